The second kappa shape index (κ2) is 6.44. The van der Waals surface area contributed by atoms with E-state index in [0.29, 0.717) is 5.88 Å². The summed E-state index contributed by atoms with van der Waals surface area (Å²) in [6.07, 6.45) is 0.779. The third-order valence-electron chi connectivity index (χ3n) is 2.78. The van der Waals surface area contributed by atoms with Gasteiger partial charge < -0.3 is 5.32 Å². The molecule has 4 heteroatoms. The van der Waals surface area contributed by atoms with Crippen LogP contribution in [0.4, 0.5) is 0 Å². The zero-order chi connectivity index (χ0) is 13.8. The van der Waals surface area contributed by atoms with Crippen LogP contribution in [0.3, 0.4) is 0 Å². The summed E-state index contributed by atoms with van der Waals surface area (Å²) in [6, 6.07) is 7.72. The van der Waals surface area contributed by atoms with E-state index in [0.717, 1.165) is 17.0 Å². The van der Waals surface area contributed by atoms with Gasteiger partial charge in [-0.25, -0.2) is 0 Å². The van der Waals surface area contributed by atoms with Crippen LogP contribution in [0.2, 0.25) is 5.02 Å². The summed E-state index contributed by atoms with van der Waals surface area (Å²) in [7, 11) is 0. The maximum absolute atomic E-state index is 11.9. The molecular formula is C14H19Cl2NO. The second-order valence-corrected chi connectivity index (χ2v) is 5.93. The third-order valence-corrected chi connectivity index (χ3v) is 3.70. The first-order valence-corrected chi connectivity index (χ1v) is 6.88. The van der Waals surface area contributed by atoms with E-state index in [-0.39, 0.29) is 11.9 Å². The molecule has 0 aromatic heterocycles. The zero-order valence-electron chi connectivity index (χ0n) is 11.0. The van der Waals surface area contributed by atoms with Crippen molar-refractivity contribution in [1.82, 2.24) is 5.32 Å². The summed E-state index contributed by atoms with van der Waals surface area (Å²) >= 11 is 11.6. The molecule has 0 heterocycles. The number of nitrogens with one attached hydrogen (secondary N) is 1. The first kappa shape index (κ1) is 15.3. The summed E-state index contributed by atoms with van der Waals surface area (Å²) in [6.45, 7) is 5.66. The van der Waals surface area contributed by atoms with Crippen molar-refractivity contribution < 1.29 is 4.79 Å². The molecule has 0 saturated carbocycles. The Morgan fingerprint density at radius 1 is 1.33 bits per heavy atom. The predicted molar refractivity (Wildman–Crippen MR) is 77.3 cm³/mol. The van der Waals surface area contributed by atoms with Crippen LogP contribution in [0, 0.1) is 5.41 Å². The number of hydrogen-bond acceptors (Lipinski definition) is 1. The number of rotatable bonds is 5. The molecular weight excluding hydrogens is 269 g/mol. The quantitative estimate of drug-likeness (QED) is 0.823. The van der Waals surface area contributed by atoms with Crippen LogP contribution >= 0.6 is 23.2 Å². The summed E-state index contributed by atoms with van der Waals surface area (Å²) in [5.41, 5.74) is 0.617. The highest BCUT2D eigenvalue weighted by atomic mass is 35.5. The van der Waals surface area contributed by atoms with Gasteiger partial charge in [-0.1, -0.05) is 23.7 Å². The summed E-state index contributed by atoms with van der Waals surface area (Å²) in [4.78, 5) is 11.9. The van der Waals surface area contributed by atoms with E-state index in [1.807, 2.05) is 45.0 Å². The molecule has 1 aromatic rings. The molecule has 1 atom stereocenters. The van der Waals surface area contributed by atoms with Crippen molar-refractivity contribution in [3.8, 4) is 0 Å². The number of halogens is 2. The average molecular weight is 288 g/mol. The van der Waals surface area contributed by atoms with Crippen LogP contribution in [0.25, 0.3) is 0 Å². The fourth-order valence-corrected chi connectivity index (χ4v) is 1.75. The van der Waals surface area contributed by atoms with Crippen LogP contribution in [0.15, 0.2) is 24.3 Å². The average Bonchev–Trinajstić information content (AvgIpc) is 2.32. The Bertz CT molecular complexity index is 401. The SMILES string of the molecule is CC(Cc1ccc(Cl)cc1)NC(=O)C(C)(C)CCl. The summed E-state index contributed by atoms with van der Waals surface area (Å²) < 4.78 is 0. The highest BCUT2D eigenvalue weighted by Crippen LogP contribution is 2.17. The van der Waals surface area contributed by atoms with E-state index in [9.17, 15) is 4.79 Å². The van der Waals surface area contributed by atoms with E-state index in [1.54, 1.807) is 0 Å². The number of amides is 1. The largest absolute Gasteiger partial charge is 0.353 e. The van der Waals surface area contributed by atoms with E-state index in [2.05, 4.69) is 5.32 Å². The lowest BCUT2D eigenvalue weighted by Gasteiger charge is -2.23. The Morgan fingerprint density at radius 3 is 2.39 bits per heavy atom. The van der Waals surface area contributed by atoms with Gasteiger partial charge >= 0.3 is 0 Å². The molecule has 0 fully saturated rings. The standard InChI is InChI=1S/C14H19Cl2NO/c1-10(17-13(18)14(2,3)9-15)8-11-4-6-12(16)7-5-11/h4-7,10H,8-9H2,1-3H3,(H,17,18). The number of carbonyl (C=O) groups excluding carboxylic acids is 1. The lowest BCUT2D eigenvalue weighted by atomic mass is 9.94. The van der Waals surface area contributed by atoms with Crippen LogP contribution in [0.5, 0.6) is 0 Å². The van der Waals surface area contributed by atoms with Crippen molar-refractivity contribution in [2.75, 3.05) is 5.88 Å². The number of benzene rings is 1. The molecule has 0 radical (unpaired) electrons. The fraction of sp³-hybridized carbons (Fsp3) is 0.500. The first-order chi connectivity index (χ1) is 8.35. The summed E-state index contributed by atoms with van der Waals surface area (Å²) in [5, 5.41) is 3.70. The van der Waals surface area contributed by atoms with Crippen LogP contribution < -0.4 is 5.32 Å². The zero-order valence-corrected chi connectivity index (χ0v) is 12.5. The molecule has 18 heavy (non-hydrogen) atoms. The van der Waals surface area contributed by atoms with E-state index < -0.39 is 5.41 Å². The molecule has 1 N–H and O–H groups in total. The van der Waals surface area contributed by atoms with E-state index in [4.69, 9.17) is 23.2 Å². The van der Waals surface area contributed by atoms with Gasteiger partial charge in [0.1, 0.15) is 0 Å². The van der Waals surface area contributed by atoms with Gasteiger partial charge in [-0.15, -0.1) is 11.6 Å². The van der Waals surface area contributed by atoms with Crippen LogP contribution in [0.1, 0.15) is 26.3 Å². The summed E-state index contributed by atoms with van der Waals surface area (Å²) in [5.74, 6) is 0.297. The lowest BCUT2D eigenvalue weighted by Crippen LogP contribution is -2.43. The van der Waals surface area contributed by atoms with Crippen molar-refractivity contribution in [2.45, 2.75) is 33.2 Å². The van der Waals surface area contributed by atoms with E-state index >= 15 is 0 Å². The minimum absolute atomic E-state index is 0.0148. The molecule has 0 spiro atoms. The number of carbonyl (C=O) groups is 1. The molecule has 1 amide bonds. The molecule has 0 aliphatic carbocycles. The molecule has 1 aromatic carbocycles. The van der Waals surface area contributed by atoms with Gasteiger partial charge in [-0.3, -0.25) is 4.79 Å². The molecule has 2 nitrogen and oxygen atoms in total. The highest BCUT2D eigenvalue weighted by molar-refractivity contribution is 6.30. The Balaban J connectivity index is 2.54. The van der Waals surface area contributed by atoms with Gasteiger partial charge in [-0.05, 0) is 44.9 Å². The van der Waals surface area contributed by atoms with Crippen LogP contribution in [-0.4, -0.2) is 17.8 Å². The molecule has 0 aliphatic rings. The maximum atomic E-state index is 11.9. The topological polar surface area (TPSA) is 29.1 Å². The minimum Gasteiger partial charge on any atom is -0.353 e. The fourth-order valence-electron chi connectivity index (χ4n) is 1.50. The van der Waals surface area contributed by atoms with Gasteiger partial charge in [0.15, 0.2) is 0 Å². The Hall–Kier alpha value is -0.730. The number of hydrogen-bond donors (Lipinski definition) is 1. The molecule has 0 saturated heterocycles. The maximum Gasteiger partial charge on any atom is 0.227 e. The minimum atomic E-state index is -0.532. The van der Waals surface area contributed by atoms with Crippen molar-refractivity contribution in [1.29, 1.82) is 0 Å². The van der Waals surface area contributed by atoms with Crippen molar-refractivity contribution in [3.05, 3.63) is 34.9 Å². The third kappa shape index (κ3) is 4.51. The smallest absolute Gasteiger partial charge is 0.227 e. The van der Waals surface area contributed by atoms with Gasteiger partial charge in [-0.2, -0.15) is 0 Å². The predicted octanol–water partition coefficient (Wildman–Crippen LogP) is 3.65. The van der Waals surface area contributed by atoms with Crippen molar-refractivity contribution in [2.24, 2.45) is 5.41 Å². The van der Waals surface area contributed by atoms with Gasteiger partial charge in [0.25, 0.3) is 0 Å². The molecule has 0 aliphatic heterocycles. The van der Waals surface area contributed by atoms with Crippen molar-refractivity contribution in [3.63, 3.8) is 0 Å². The Morgan fingerprint density at radius 2 is 1.89 bits per heavy atom. The van der Waals surface area contributed by atoms with Gasteiger partial charge in [0.2, 0.25) is 5.91 Å². The molecule has 1 unspecified atom stereocenters. The monoisotopic (exact) mass is 287 g/mol. The molecule has 0 bridgehead atoms. The first-order valence-electron chi connectivity index (χ1n) is 5.96. The molecule has 1 rings (SSSR count). The van der Waals surface area contributed by atoms with Gasteiger partial charge in [0.05, 0.1) is 5.41 Å². The Kier molecular flexibility index (Phi) is 5.48. The van der Waals surface area contributed by atoms with Crippen LogP contribution in [-0.2, 0) is 11.2 Å². The number of alkyl halides is 1. The second-order valence-electron chi connectivity index (χ2n) is 5.22. The molecule has 100 valence electrons. The lowest BCUT2D eigenvalue weighted by molar-refractivity contribution is -0.128. The van der Waals surface area contributed by atoms with Crippen molar-refractivity contribution >= 4 is 29.1 Å². The van der Waals surface area contributed by atoms with Gasteiger partial charge in [0, 0.05) is 16.9 Å². The normalized spacial score (nSPS) is 13.2. The highest BCUT2D eigenvalue weighted by Gasteiger charge is 2.27. The Labute approximate surface area is 119 Å². The van der Waals surface area contributed by atoms with E-state index in [1.165, 1.54) is 0 Å².